The summed E-state index contributed by atoms with van der Waals surface area (Å²) in [5.41, 5.74) is -0.0777. The van der Waals surface area contributed by atoms with Crippen LogP contribution in [0.5, 0.6) is 23.0 Å². The van der Waals surface area contributed by atoms with E-state index in [2.05, 4.69) is 0 Å². The van der Waals surface area contributed by atoms with Crippen molar-refractivity contribution in [1.29, 1.82) is 0 Å². The third-order valence-electron chi connectivity index (χ3n) is 6.55. The highest BCUT2D eigenvalue weighted by atomic mass is 16.6. The van der Waals surface area contributed by atoms with Gasteiger partial charge in [-0.2, -0.15) is 0 Å². The quantitative estimate of drug-likeness (QED) is 0.184. The number of phenols is 4. The topological polar surface area (TPSA) is 232 Å². The van der Waals surface area contributed by atoms with E-state index in [0.717, 1.165) is 30.3 Å². The number of carbonyl (C=O) groups is 3. The van der Waals surface area contributed by atoms with E-state index in [9.17, 15) is 50.1 Å². The van der Waals surface area contributed by atoms with E-state index in [1.165, 1.54) is 6.07 Å². The SMILES string of the molecule is O=C(O)C[C@@H]1OC[C@H](O)[C@@H](O)[C@@H]1OC(=O)C1=Cc2cc(O)c(O)cc2[C@@H](c2ccc(O)c(O)c2)[C@@H]1C(=O)O. The Hall–Kier alpha value is -4.33. The first-order valence-electron chi connectivity index (χ1n) is 11.3. The minimum atomic E-state index is -1.73. The lowest BCUT2D eigenvalue weighted by atomic mass is 9.71. The molecule has 6 atom stereocenters. The van der Waals surface area contributed by atoms with E-state index < -0.39 is 95.8 Å². The van der Waals surface area contributed by atoms with Crippen LogP contribution in [-0.4, -0.2) is 89.8 Å². The van der Waals surface area contributed by atoms with Gasteiger partial charge in [0.05, 0.1) is 24.5 Å². The Bertz CT molecular complexity index is 1320. The molecule has 1 heterocycles. The summed E-state index contributed by atoms with van der Waals surface area (Å²) >= 11 is 0. The van der Waals surface area contributed by atoms with Crippen LogP contribution in [0.2, 0.25) is 0 Å². The first-order chi connectivity index (χ1) is 17.9. The molecule has 0 aromatic heterocycles. The van der Waals surface area contributed by atoms with Crippen molar-refractivity contribution in [3.8, 4) is 23.0 Å². The molecule has 0 spiro atoms. The Morgan fingerprint density at radius 2 is 1.58 bits per heavy atom. The lowest BCUT2D eigenvalue weighted by molar-refractivity contribution is -0.208. The summed E-state index contributed by atoms with van der Waals surface area (Å²) in [4.78, 5) is 37.1. The Morgan fingerprint density at radius 1 is 0.921 bits per heavy atom. The number of esters is 1. The molecule has 8 N–H and O–H groups in total. The van der Waals surface area contributed by atoms with Crippen molar-refractivity contribution < 1.29 is 64.7 Å². The molecule has 0 bridgehead atoms. The van der Waals surface area contributed by atoms with Gasteiger partial charge in [0.25, 0.3) is 0 Å². The van der Waals surface area contributed by atoms with Crippen LogP contribution in [0.15, 0.2) is 35.9 Å². The molecule has 38 heavy (non-hydrogen) atoms. The van der Waals surface area contributed by atoms with Crippen LogP contribution in [0.25, 0.3) is 6.08 Å². The third kappa shape index (κ3) is 4.94. The average molecular weight is 532 g/mol. The van der Waals surface area contributed by atoms with Crippen LogP contribution in [0.4, 0.5) is 0 Å². The van der Waals surface area contributed by atoms with E-state index in [1.807, 2.05) is 0 Å². The number of ether oxygens (including phenoxy) is 2. The summed E-state index contributed by atoms with van der Waals surface area (Å²) in [6.45, 7) is -0.420. The molecular weight excluding hydrogens is 508 g/mol. The number of rotatable bonds is 6. The number of carboxylic acids is 2. The maximum atomic E-state index is 13.4. The molecule has 1 fully saturated rings. The smallest absolute Gasteiger partial charge is 0.335 e. The van der Waals surface area contributed by atoms with Gasteiger partial charge in [-0.05, 0) is 47.0 Å². The summed E-state index contributed by atoms with van der Waals surface area (Å²) < 4.78 is 10.6. The maximum Gasteiger partial charge on any atom is 0.335 e. The van der Waals surface area contributed by atoms with Crippen LogP contribution in [0.3, 0.4) is 0 Å². The second-order valence-corrected chi connectivity index (χ2v) is 9.01. The number of hydrogen-bond donors (Lipinski definition) is 8. The first-order valence-corrected chi connectivity index (χ1v) is 11.3. The predicted octanol–water partition coefficient (Wildman–Crippen LogP) is 0.246. The largest absolute Gasteiger partial charge is 0.504 e. The van der Waals surface area contributed by atoms with Crippen LogP contribution in [0, 0.1) is 5.92 Å². The van der Waals surface area contributed by atoms with Crippen molar-refractivity contribution >= 4 is 24.0 Å². The Kier molecular flexibility index (Phi) is 7.18. The summed E-state index contributed by atoms with van der Waals surface area (Å²) in [6, 6.07) is 5.67. The molecule has 1 saturated heterocycles. The molecule has 202 valence electrons. The van der Waals surface area contributed by atoms with Gasteiger partial charge in [-0.3, -0.25) is 9.59 Å². The predicted molar refractivity (Wildman–Crippen MR) is 124 cm³/mol. The minimum Gasteiger partial charge on any atom is -0.504 e. The highest BCUT2D eigenvalue weighted by Crippen LogP contribution is 2.47. The number of fused-ring (bicyclic) bond motifs is 1. The third-order valence-corrected chi connectivity index (χ3v) is 6.55. The van der Waals surface area contributed by atoms with Gasteiger partial charge in [0.15, 0.2) is 29.1 Å². The normalized spacial score (nSPS) is 26.6. The van der Waals surface area contributed by atoms with E-state index >= 15 is 0 Å². The molecule has 2 aromatic rings. The summed E-state index contributed by atoms with van der Waals surface area (Å²) in [6.07, 6.45) is -5.84. The number of aromatic hydroxyl groups is 4. The lowest BCUT2D eigenvalue weighted by Gasteiger charge is -2.38. The second-order valence-electron chi connectivity index (χ2n) is 9.01. The van der Waals surface area contributed by atoms with Crippen molar-refractivity contribution in [2.75, 3.05) is 6.61 Å². The highest BCUT2D eigenvalue weighted by molar-refractivity contribution is 6.02. The molecule has 4 rings (SSSR count). The molecule has 0 unspecified atom stereocenters. The average Bonchev–Trinajstić information content (AvgIpc) is 2.84. The van der Waals surface area contributed by atoms with Crippen LogP contribution in [-0.2, 0) is 23.9 Å². The van der Waals surface area contributed by atoms with Gasteiger partial charge in [-0.25, -0.2) is 4.79 Å². The van der Waals surface area contributed by atoms with Crippen LogP contribution in [0.1, 0.15) is 29.0 Å². The molecule has 0 radical (unpaired) electrons. The highest BCUT2D eigenvalue weighted by Gasteiger charge is 2.46. The van der Waals surface area contributed by atoms with Crippen molar-refractivity contribution in [2.24, 2.45) is 5.92 Å². The molecule has 0 saturated carbocycles. The number of phenolic OH excluding ortho intramolecular Hbond substituents is 4. The van der Waals surface area contributed by atoms with Gasteiger partial charge in [-0.1, -0.05) is 6.07 Å². The number of carbonyl (C=O) groups excluding carboxylic acids is 1. The van der Waals surface area contributed by atoms with Crippen molar-refractivity contribution in [1.82, 2.24) is 0 Å². The van der Waals surface area contributed by atoms with Gasteiger partial charge in [0.2, 0.25) is 0 Å². The Labute approximate surface area is 214 Å². The van der Waals surface area contributed by atoms with Gasteiger partial charge < -0.3 is 50.3 Å². The molecule has 1 aliphatic heterocycles. The number of benzene rings is 2. The van der Waals surface area contributed by atoms with Crippen molar-refractivity contribution in [3.63, 3.8) is 0 Å². The van der Waals surface area contributed by atoms with Crippen LogP contribution < -0.4 is 0 Å². The van der Waals surface area contributed by atoms with E-state index in [4.69, 9.17) is 14.6 Å². The molecule has 13 heteroatoms. The summed E-state index contributed by atoms with van der Waals surface area (Å²) in [5, 5.41) is 79.6. The van der Waals surface area contributed by atoms with E-state index in [-0.39, 0.29) is 16.7 Å². The molecule has 13 nitrogen and oxygen atoms in total. The zero-order valence-corrected chi connectivity index (χ0v) is 19.5. The standard InChI is InChI=1S/C25H24O13/c26-13-2-1-9(4-14(13)27)20-11-6-16(29)15(28)5-10(11)3-12(21(20)24(34)35)25(36)38-23-18(7-19(31)32)37-8-17(30)22(23)33/h1-6,17-18,20-23,26-30,33H,7-8H2,(H,31,32)(H,34,35)/t17-,18-,20+,21+,22+,23+/m0/s1. The van der Waals surface area contributed by atoms with Gasteiger partial charge in [-0.15, -0.1) is 0 Å². The fraction of sp³-hybridized carbons (Fsp3) is 0.320. The van der Waals surface area contributed by atoms with Gasteiger partial charge in [0.1, 0.15) is 18.3 Å². The van der Waals surface area contributed by atoms with Crippen molar-refractivity contribution in [2.45, 2.75) is 36.8 Å². The van der Waals surface area contributed by atoms with Gasteiger partial charge in [0, 0.05) is 5.92 Å². The maximum absolute atomic E-state index is 13.4. The number of hydrogen-bond acceptors (Lipinski definition) is 11. The van der Waals surface area contributed by atoms with Crippen molar-refractivity contribution in [3.05, 3.63) is 52.6 Å². The number of aliphatic hydroxyl groups excluding tert-OH is 2. The monoisotopic (exact) mass is 532 g/mol. The lowest BCUT2D eigenvalue weighted by Crippen LogP contribution is -2.55. The molecule has 2 aromatic carbocycles. The second kappa shape index (κ2) is 10.2. The fourth-order valence-corrected chi connectivity index (χ4v) is 4.73. The Balaban J connectivity index is 1.81. The molecule has 2 aliphatic rings. The molecule has 1 aliphatic carbocycles. The van der Waals surface area contributed by atoms with Gasteiger partial charge >= 0.3 is 17.9 Å². The summed E-state index contributed by atoms with van der Waals surface area (Å²) in [5.74, 6) is -9.31. The molecular formula is C25H24O13. The minimum absolute atomic E-state index is 0.116. The zero-order valence-electron chi connectivity index (χ0n) is 19.5. The first kappa shape index (κ1) is 26.7. The van der Waals surface area contributed by atoms with E-state index in [0.29, 0.717) is 0 Å². The zero-order chi connectivity index (χ0) is 27.9. The number of aliphatic carboxylic acids is 2. The summed E-state index contributed by atoms with van der Waals surface area (Å²) in [7, 11) is 0. The van der Waals surface area contributed by atoms with Crippen LogP contribution >= 0.6 is 0 Å². The fourth-order valence-electron chi connectivity index (χ4n) is 4.73. The van der Waals surface area contributed by atoms with E-state index in [1.54, 1.807) is 0 Å². The number of aliphatic hydroxyl groups is 2. The Morgan fingerprint density at radius 3 is 2.21 bits per heavy atom. The number of carboxylic acid groups (broad SMARTS) is 2. The molecule has 0 amide bonds.